The normalized spacial score (nSPS) is 11.2. The van der Waals surface area contributed by atoms with Crippen LogP contribution in [0.25, 0.3) is 0 Å². The van der Waals surface area contributed by atoms with Crippen molar-refractivity contribution < 1.29 is 17.7 Å². The minimum absolute atomic E-state index is 0.0340. The number of hydrogen-bond acceptors (Lipinski definition) is 4. The molecule has 5 heteroatoms. The van der Waals surface area contributed by atoms with Crippen LogP contribution in [-0.2, 0) is 10.1 Å². The quantitative estimate of drug-likeness (QED) is 0.865. The molecule has 0 amide bonds. The second kappa shape index (κ2) is 4.70. The van der Waals surface area contributed by atoms with Gasteiger partial charge >= 0.3 is 10.1 Å². The fourth-order valence-corrected chi connectivity index (χ4v) is 2.47. The van der Waals surface area contributed by atoms with Crippen LogP contribution in [0.15, 0.2) is 53.4 Å². The van der Waals surface area contributed by atoms with Gasteiger partial charge in [-0.25, -0.2) is 0 Å². The van der Waals surface area contributed by atoms with Crippen molar-refractivity contribution in [2.45, 2.75) is 11.8 Å². The van der Waals surface area contributed by atoms with Gasteiger partial charge in [-0.1, -0.05) is 18.2 Å². The molecule has 0 aromatic heterocycles. The highest BCUT2D eigenvalue weighted by molar-refractivity contribution is 7.87. The molecule has 4 nitrogen and oxygen atoms in total. The molecule has 2 aromatic rings. The number of benzene rings is 2. The summed E-state index contributed by atoms with van der Waals surface area (Å²) in [5, 5.41) is 9.39. The van der Waals surface area contributed by atoms with Gasteiger partial charge in [-0.05, 0) is 36.8 Å². The standard InChI is InChI=1S/C13H12O4S/c1-10-7-11(14)9-12(8-10)17-18(15,16)13-5-3-2-4-6-13/h2-9,14H,1H3. The summed E-state index contributed by atoms with van der Waals surface area (Å²) in [4.78, 5) is 0.0750. The van der Waals surface area contributed by atoms with E-state index in [-0.39, 0.29) is 16.4 Å². The predicted molar refractivity (Wildman–Crippen MR) is 67.1 cm³/mol. The Bertz CT molecular complexity index is 628. The molecule has 0 aliphatic rings. The maximum absolute atomic E-state index is 11.9. The van der Waals surface area contributed by atoms with Crippen molar-refractivity contribution in [3.05, 3.63) is 54.1 Å². The van der Waals surface area contributed by atoms with Crippen molar-refractivity contribution in [3.63, 3.8) is 0 Å². The first kappa shape index (κ1) is 12.4. The van der Waals surface area contributed by atoms with Crippen LogP contribution in [0, 0.1) is 6.92 Å². The zero-order valence-corrected chi connectivity index (χ0v) is 10.5. The molecular formula is C13H12O4S. The van der Waals surface area contributed by atoms with E-state index in [2.05, 4.69) is 0 Å². The maximum Gasteiger partial charge on any atom is 0.339 e. The van der Waals surface area contributed by atoms with E-state index in [0.717, 1.165) is 0 Å². The number of rotatable bonds is 3. The van der Waals surface area contributed by atoms with E-state index in [1.54, 1.807) is 31.2 Å². The van der Waals surface area contributed by atoms with Gasteiger partial charge in [0.1, 0.15) is 16.4 Å². The number of aryl methyl sites for hydroxylation is 1. The third-order valence-corrected chi connectivity index (χ3v) is 3.53. The van der Waals surface area contributed by atoms with Crippen LogP contribution in [0.2, 0.25) is 0 Å². The predicted octanol–water partition coefficient (Wildman–Crippen LogP) is 2.47. The van der Waals surface area contributed by atoms with Crippen LogP contribution in [0.3, 0.4) is 0 Å². The average molecular weight is 264 g/mol. The summed E-state index contributed by atoms with van der Waals surface area (Å²) in [5.41, 5.74) is 0.716. The highest BCUT2D eigenvalue weighted by Crippen LogP contribution is 2.24. The lowest BCUT2D eigenvalue weighted by molar-refractivity contribution is 0.463. The number of phenolic OH excluding ortho intramolecular Hbond substituents is 1. The molecule has 0 bridgehead atoms. The maximum atomic E-state index is 11.9. The third kappa shape index (κ3) is 2.81. The molecule has 18 heavy (non-hydrogen) atoms. The van der Waals surface area contributed by atoms with E-state index in [0.29, 0.717) is 5.56 Å². The molecular weight excluding hydrogens is 252 g/mol. The number of phenols is 1. The summed E-state index contributed by atoms with van der Waals surface area (Å²) in [5.74, 6) is 0.0598. The van der Waals surface area contributed by atoms with Gasteiger partial charge < -0.3 is 9.29 Å². The van der Waals surface area contributed by atoms with Crippen LogP contribution in [0.1, 0.15) is 5.56 Å². The van der Waals surface area contributed by atoms with E-state index in [1.165, 1.54) is 24.3 Å². The summed E-state index contributed by atoms with van der Waals surface area (Å²) >= 11 is 0. The lowest BCUT2D eigenvalue weighted by Crippen LogP contribution is -2.09. The zero-order valence-electron chi connectivity index (χ0n) is 9.70. The highest BCUT2D eigenvalue weighted by atomic mass is 32.2. The van der Waals surface area contributed by atoms with Gasteiger partial charge in [-0.3, -0.25) is 0 Å². The van der Waals surface area contributed by atoms with Gasteiger partial charge in [0, 0.05) is 6.07 Å². The molecule has 0 saturated carbocycles. The molecule has 0 aliphatic carbocycles. The molecule has 0 aliphatic heterocycles. The topological polar surface area (TPSA) is 63.6 Å². The van der Waals surface area contributed by atoms with Crippen molar-refractivity contribution >= 4 is 10.1 Å². The van der Waals surface area contributed by atoms with Crippen LogP contribution in [-0.4, -0.2) is 13.5 Å². The molecule has 0 spiro atoms. The van der Waals surface area contributed by atoms with Crippen LogP contribution >= 0.6 is 0 Å². The van der Waals surface area contributed by atoms with Gasteiger partial charge in [0.2, 0.25) is 0 Å². The Balaban J connectivity index is 2.34. The van der Waals surface area contributed by atoms with Gasteiger partial charge in [-0.2, -0.15) is 8.42 Å². The molecule has 0 radical (unpaired) electrons. The minimum Gasteiger partial charge on any atom is -0.508 e. The molecule has 0 fully saturated rings. The first-order chi connectivity index (χ1) is 8.47. The fraction of sp³-hybridized carbons (Fsp3) is 0.0769. The molecule has 94 valence electrons. The summed E-state index contributed by atoms with van der Waals surface area (Å²) in [7, 11) is -3.86. The van der Waals surface area contributed by atoms with Crippen LogP contribution < -0.4 is 4.18 Å². The minimum atomic E-state index is -3.86. The molecule has 2 aromatic carbocycles. The van der Waals surface area contributed by atoms with Crippen molar-refractivity contribution in [3.8, 4) is 11.5 Å². The lowest BCUT2D eigenvalue weighted by Gasteiger charge is -2.08. The summed E-state index contributed by atoms with van der Waals surface area (Å²) in [6.07, 6.45) is 0. The molecule has 0 heterocycles. The Morgan fingerprint density at radius 1 is 1.06 bits per heavy atom. The summed E-state index contributed by atoms with van der Waals surface area (Å²) < 4.78 is 28.8. The largest absolute Gasteiger partial charge is 0.508 e. The molecule has 0 unspecified atom stereocenters. The lowest BCUT2D eigenvalue weighted by atomic mass is 10.2. The first-order valence-corrected chi connectivity index (χ1v) is 6.68. The molecule has 0 atom stereocenters. The van der Waals surface area contributed by atoms with Gasteiger partial charge in [0.15, 0.2) is 0 Å². The number of aromatic hydroxyl groups is 1. The molecule has 0 saturated heterocycles. The van der Waals surface area contributed by atoms with Gasteiger partial charge in [-0.15, -0.1) is 0 Å². The smallest absolute Gasteiger partial charge is 0.339 e. The van der Waals surface area contributed by atoms with Gasteiger partial charge in [0.25, 0.3) is 0 Å². The molecule has 2 rings (SSSR count). The third-order valence-electron chi connectivity index (χ3n) is 2.27. The van der Waals surface area contributed by atoms with E-state index < -0.39 is 10.1 Å². The Kier molecular flexibility index (Phi) is 3.25. The number of hydrogen-bond donors (Lipinski definition) is 1. The van der Waals surface area contributed by atoms with E-state index in [9.17, 15) is 13.5 Å². The summed E-state index contributed by atoms with van der Waals surface area (Å²) in [6, 6.07) is 12.2. The monoisotopic (exact) mass is 264 g/mol. The molecule has 1 N–H and O–H groups in total. The van der Waals surface area contributed by atoms with Crippen LogP contribution in [0.5, 0.6) is 11.5 Å². The SMILES string of the molecule is Cc1cc(O)cc(OS(=O)(=O)c2ccccc2)c1. The Morgan fingerprint density at radius 3 is 2.33 bits per heavy atom. The second-order valence-electron chi connectivity index (χ2n) is 3.85. The highest BCUT2D eigenvalue weighted by Gasteiger charge is 2.16. The van der Waals surface area contributed by atoms with Crippen molar-refractivity contribution in [2.24, 2.45) is 0 Å². The van der Waals surface area contributed by atoms with Gasteiger partial charge in [0.05, 0.1) is 0 Å². The van der Waals surface area contributed by atoms with E-state index in [4.69, 9.17) is 4.18 Å². The van der Waals surface area contributed by atoms with E-state index >= 15 is 0 Å². The Labute approximate surface area is 106 Å². The zero-order chi connectivity index (χ0) is 13.2. The van der Waals surface area contributed by atoms with E-state index in [1.807, 2.05) is 0 Å². The fourth-order valence-electron chi connectivity index (χ4n) is 1.54. The van der Waals surface area contributed by atoms with Crippen molar-refractivity contribution in [2.75, 3.05) is 0 Å². The van der Waals surface area contributed by atoms with Crippen molar-refractivity contribution in [1.29, 1.82) is 0 Å². The second-order valence-corrected chi connectivity index (χ2v) is 5.40. The Morgan fingerprint density at radius 2 is 1.72 bits per heavy atom. The van der Waals surface area contributed by atoms with Crippen LogP contribution in [0.4, 0.5) is 0 Å². The van der Waals surface area contributed by atoms with Crippen molar-refractivity contribution in [1.82, 2.24) is 0 Å². The first-order valence-electron chi connectivity index (χ1n) is 5.27. The summed E-state index contributed by atoms with van der Waals surface area (Å²) in [6.45, 7) is 1.74. The average Bonchev–Trinajstić information content (AvgIpc) is 2.28. The Hall–Kier alpha value is -2.01.